The first kappa shape index (κ1) is 23.9. The smallest absolute Gasteiger partial charge is 0.318 e. The highest BCUT2D eigenvalue weighted by Gasteiger charge is 2.29. The fourth-order valence-corrected chi connectivity index (χ4v) is 3.89. The number of benzene rings is 3. The first-order valence-electron chi connectivity index (χ1n) is 9.92. The lowest BCUT2D eigenvalue weighted by molar-refractivity contribution is -0.394. The summed E-state index contributed by atoms with van der Waals surface area (Å²) in [7, 11) is 0. The Balaban J connectivity index is 1.78. The van der Waals surface area contributed by atoms with E-state index in [4.69, 9.17) is 27.9 Å². The number of halogens is 2. The van der Waals surface area contributed by atoms with Crippen LogP contribution in [0.2, 0.25) is 10.0 Å². The molecule has 176 valence electrons. The van der Waals surface area contributed by atoms with Gasteiger partial charge in [0.2, 0.25) is 5.75 Å². The van der Waals surface area contributed by atoms with Crippen molar-refractivity contribution in [3.8, 4) is 11.5 Å². The molecule has 0 atom stereocenters. The number of hydrazone groups is 1. The average Bonchev–Trinajstić information content (AvgIpc) is 3.10. The minimum Gasteiger partial charge on any atom is -0.448 e. The maximum atomic E-state index is 13.1. The third-order valence-electron chi connectivity index (χ3n) is 4.96. The number of non-ortho nitro benzene ring substituents is 1. The van der Waals surface area contributed by atoms with E-state index in [-0.39, 0.29) is 32.7 Å². The van der Waals surface area contributed by atoms with Crippen molar-refractivity contribution in [2.24, 2.45) is 5.10 Å². The second kappa shape index (κ2) is 9.53. The number of carbonyl (C=O) groups excluding carboxylic acids is 1. The van der Waals surface area contributed by atoms with Gasteiger partial charge < -0.3 is 4.74 Å². The highest BCUT2D eigenvalue weighted by Crippen LogP contribution is 2.41. The van der Waals surface area contributed by atoms with Gasteiger partial charge in [0.25, 0.3) is 11.6 Å². The van der Waals surface area contributed by atoms with Gasteiger partial charge in [-0.25, -0.2) is 0 Å². The molecule has 10 nitrogen and oxygen atoms in total. The number of ether oxygens (including phenoxy) is 1. The van der Waals surface area contributed by atoms with Crippen LogP contribution in [-0.4, -0.2) is 21.5 Å². The normalized spacial score (nSPS) is 14.3. The molecule has 35 heavy (non-hydrogen) atoms. The molecule has 1 aliphatic rings. The van der Waals surface area contributed by atoms with Gasteiger partial charge in [0.05, 0.1) is 37.9 Å². The summed E-state index contributed by atoms with van der Waals surface area (Å²) >= 11 is 12.5. The number of rotatable bonds is 6. The van der Waals surface area contributed by atoms with Crippen molar-refractivity contribution in [2.75, 3.05) is 5.01 Å². The molecular weight excluding hydrogens is 499 g/mol. The van der Waals surface area contributed by atoms with Crippen molar-refractivity contribution >= 4 is 58.0 Å². The Labute approximate surface area is 207 Å². The molecule has 0 aromatic heterocycles. The van der Waals surface area contributed by atoms with Crippen molar-refractivity contribution in [1.82, 2.24) is 0 Å². The Morgan fingerprint density at radius 2 is 1.71 bits per heavy atom. The molecule has 0 unspecified atom stereocenters. The lowest BCUT2D eigenvalue weighted by atomic mass is 10.1. The third kappa shape index (κ3) is 4.84. The first-order valence-corrected chi connectivity index (χ1v) is 10.7. The number of nitro benzene ring substituents is 2. The molecule has 0 fully saturated rings. The zero-order valence-corrected chi connectivity index (χ0v) is 19.4. The summed E-state index contributed by atoms with van der Waals surface area (Å²) in [4.78, 5) is 34.1. The van der Waals surface area contributed by atoms with Crippen LogP contribution in [0.25, 0.3) is 6.08 Å². The topological polar surface area (TPSA) is 128 Å². The van der Waals surface area contributed by atoms with Gasteiger partial charge in [-0.2, -0.15) is 10.1 Å². The zero-order valence-electron chi connectivity index (χ0n) is 17.8. The molecule has 0 bridgehead atoms. The lowest BCUT2D eigenvalue weighted by Crippen LogP contribution is -2.21. The Morgan fingerprint density at radius 3 is 2.37 bits per heavy atom. The van der Waals surface area contributed by atoms with E-state index >= 15 is 0 Å². The van der Waals surface area contributed by atoms with E-state index < -0.39 is 27.1 Å². The summed E-state index contributed by atoms with van der Waals surface area (Å²) in [5.41, 5.74) is 0.370. The van der Waals surface area contributed by atoms with Crippen LogP contribution in [0.3, 0.4) is 0 Å². The van der Waals surface area contributed by atoms with Crippen LogP contribution in [0.4, 0.5) is 17.1 Å². The summed E-state index contributed by atoms with van der Waals surface area (Å²) < 4.78 is 5.75. The Bertz CT molecular complexity index is 1440. The van der Waals surface area contributed by atoms with Crippen LogP contribution in [0.5, 0.6) is 11.5 Å². The van der Waals surface area contributed by atoms with Crippen LogP contribution in [-0.2, 0) is 4.79 Å². The molecule has 4 rings (SSSR count). The molecule has 3 aromatic carbocycles. The summed E-state index contributed by atoms with van der Waals surface area (Å²) in [6.07, 6.45) is 1.47. The number of hydrogen-bond acceptors (Lipinski definition) is 7. The van der Waals surface area contributed by atoms with Gasteiger partial charge in [-0.1, -0.05) is 41.4 Å². The lowest BCUT2D eigenvalue weighted by Gasteiger charge is -2.13. The number of nitro groups is 2. The summed E-state index contributed by atoms with van der Waals surface area (Å²) in [5, 5.41) is 28.3. The van der Waals surface area contributed by atoms with E-state index in [0.29, 0.717) is 11.4 Å². The van der Waals surface area contributed by atoms with E-state index in [0.717, 1.165) is 18.2 Å². The number of anilines is 1. The van der Waals surface area contributed by atoms with Crippen LogP contribution in [0.15, 0.2) is 71.3 Å². The number of hydrogen-bond donors (Lipinski definition) is 0. The predicted molar refractivity (Wildman–Crippen MR) is 131 cm³/mol. The summed E-state index contributed by atoms with van der Waals surface area (Å²) in [6.45, 7) is 1.65. The van der Waals surface area contributed by atoms with Crippen LogP contribution < -0.4 is 9.75 Å². The highest BCUT2D eigenvalue weighted by molar-refractivity contribution is 6.36. The Hall–Kier alpha value is -4.28. The van der Waals surface area contributed by atoms with Gasteiger partial charge >= 0.3 is 5.69 Å². The molecule has 12 heteroatoms. The van der Waals surface area contributed by atoms with Crippen molar-refractivity contribution in [2.45, 2.75) is 6.92 Å². The Kier molecular flexibility index (Phi) is 6.50. The van der Waals surface area contributed by atoms with Crippen LogP contribution in [0, 0.1) is 20.2 Å². The van der Waals surface area contributed by atoms with E-state index in [1.54, 1.807) is 31.2 Å². The minimum absolute atomic E-state index is 0.0111. The molecule has 1 amide bonds. The number of amides is 1. The van der Waals surface area contributed by atoms with Gasteiger partial charge in [0.15, 0.2) is 5.75 Å². The van der Waals surface area contributed by atoms with E-state index in [1.165, 1.54) is 23.2 Å². The predicted octanol–water partition coefficient (Wildman–Crippen LogP) is 6.41. The Morgan fingerprint density at radius 1 is 1.00 bits per heavy atom. The molecule has 3 aromatic rings. The molecule has 0 saturated carbocycles. The molecule has 0 N–H and O–H groups in total. The van der Waals surface area contributed by atoms with Gasteiger partial charge in [0.1, 0.15) is 0 Å². The number of carbonyl (C=O) groups is 1. The second-order valence-corrected chi connectivity index (χ2v) is 8.11. The standard InChI is InChI=1S/C23H14Cl2N4O6/c1-13-18(23(30)27(26-13)16-5-3-2-4-6-16)10-14-9-15(24)11-19(25)22(14)35-21-8-7-17(28(31)32)12-20(21)29(33)34/h2-12H,1H3/b18-10+. The molecular formula is C23H14Cl2N4O6. The van der Waals surface area contributed by atoms with Crippen molar-refractivity contribution in [3.63, 3.8) is 0 Å². The maximum Gasteiger partial charge on any atom is 0.318 e. The number of para-hydroxylation sites is 1. The monoisotopic (exact) mass is 512 g/mol. The fourth-order valence-electron chi connectivity index (χ4n) is 3.34. The third-order valence-corrected chi connectivity index (χ3v) is 5.46. The first-order chi connectivity index (χ1) is 16.7. The molecule has 0 aliphatic carbocycles. The molecule has 1 aliphatic heterocycles. The highest BCUT2D eigenvalue weighted by atomic mass is 35.5. The molecule has 0 spiro atoms. The summed E-state index contributed by atoms with van der Waals surface area (Å²) in [6, 6.07) is 14.6. The van der Waals surface area contributed by atoms with Gasteiger partial charge in [-0.3, -0.25) is 25.0 Å². The largest absolute Gasteiger partial charge is 0.448 e. The SMILES string of the molecule is CC1=NN(c2ccccc2)C(=O)/C1=C/c1cc(Cl)cc(Cl)c1Oc1ccc([N+](=O)[O-])cc1[N+](=O)[O-]. The molecule has 0 saturated heterocycles. The van der Waals surface area contributed by atoms with Crippen molar-refractivity contribution in [3.05, 3.63) is 102 Å². The quantitative estimate of drug-likeness (QED) is 0.213. The van der Waals surface area contributed by atoms with E-state index in [9.17, 15) is 25.0 Å². The van der Waals surface area contributed by atoms with Crippen LogP contribution in [0.1, 0.15) is 12.5 Å². The fraction of sp³-hybridized carbons (Fsp3) is 0.0435. The van der Waals surface area contributed by atoms with Crippen LogP contribution >= 0.6 is 23.2 Å². The van der Waals surface area contributed by atoms with Crippen molar-refractivity contribution < 1.29 is 19.4 Å². The van der Waals surface area contributed by atoms with Crippen molar-refractivity contribution in [1.29, 1.82) is 0 Å². The van der Waals surface area contributed by atoms with E-state index in [2.05, 4.69) is 5.10 Å². The average molecular weight is 513 g/mol. The summed E-state index contributed by atoms with van der Waals surface area (Å²) in [5.74, 6) is -0.713. The molecule has 1 heterocycles. The van der Waals surface area contributed by atoms with Gasteiger partial charge in [0, 0.05) is 16.7 Å². The minimum atomic E-state index is -0.806. The molecule has 0 radical (unpaired) electrons. The zero-order chi connectivity index (χ0) is 25.3. The number of nitrogens with zero attached hydrogens (tertiary/aromatic N) is 4. The van der Waals surface area contributed by atoms with E-state index in [1.807, 2.05) is 6.07 Å². The second-order valence-electron chi connectivity index (χ2n) is 7.27. The maximum absolute atomic E-state index is 13.1. The van der Waals surface area contributed by atoms with Gasteiger partial charge in [-0.15, -0.1) is 0 Å². The van der Waals surface area contributed by atoms with Gasteiger partial charge in [-0.05, 0) is 43.3 Å².